The highest BCUT2D eigenvalue weighted by Crippen LogP contribution is 2.28. The van der Waals surface area contributed by atoms with Gasteiger partial charge in [0.2, 0.25) is 0 Å². The second-order valence-corrected chi connectivity index (χ2v) is 9.78. The summed E-state index contributed by atoms with van der Waals surface area (Å²) in [6.07, 6.45) is 0. The fourth-order valence-corrected chi connectivity index (χ4v) is 2.34. The predicted molar refractivity (Wildman–Crippen MR) is 115 cm³/mol. The van der Waals surface area contributed by atoms with Gasteiger partial charge in [-0.2, -0.15) is 0 Å². The summed E-state index contributed by atoms with van der Waals surface area (Å²) in [5.41, 5.74) is 3.67. The molecule has 0 saturated heterocycles. The Kier molecular flexibility index (Phi) is 7.29. The highest BCUT2D eigenvalue weighted by atomic mass is 15.0. The highest BCUT2D eigenvalue weighted by Gasteiger charge is 2.06. The average molecular weight is 340 g/mol. The van der Waals surface area contributed by atoms with E-state index in [0.29, 0.717) is 10.8 Å². The standard InChI is InChI=1S/C14H13N.2C5H12/c1-2-15-13-9-5-3-7-11(13)12-8-4-6-10-14(12)15;2*1-5(2,3)4/h3-10H,2H2,1H3;2*1-4H3. The van der Waals surface area contributed by atoms with Gasteiger partial charge >= 0.3 is 0 Å². The van der Waals surface area contributed by atoms with Crippen molar-refractivity contribution in [2.24, 2.45) is 10.8 Å². The SMILES string of the molecule is CC(C)(C)C.CC(C)(C)C.CCn1c2ccccc2c2ccccc21. The van der Waals surface area contributed by atoms with E-state index in [1.165, 1.54) is 21.8 Å². The summed E-state index contributed by atoms with van der Waals surface area (Å²) in [5.74, 6) is 0. The van der Waals surface area contributed by atoms with Crippen LogP contribution in [0.4, 0.5) is 0 Å². The molecule has 0 fully saturated rings. The zero-order valence-electron chi connectivity index (χ0n) is 17.8. The van der Waals surface area contributed by atoms with E-state index >= 15 is 0 Å². The van der Waals surface area contributed by atoms with Crippen LogP contribution < -0.4 is 0 Å². The first-order chi connectivity index (χ1) is 11.4. The second-order valence-electron chi connectivity index (χ2n) is 9.78. The zero-order valence-corrected chi connectivity index (χ0v) is 17.8. The number of para-hydroxylation sites is 2. The Labute approximate surface area is 155 Å². The molecule has 0 unspecified atom stereocenters. The van der Waals surface area contributed by atoms with E-state index in [0.717, 1.165) is 6.54 Å². The van der Waals surface area contributed by atoms with Gasteiger partial charge in [-0.25, -0.2) is 0 Å². The molecule has 0 aliphatic carbocycles. The van der Waals surface area contributed by atoms with Crippen molar-refractivity contribution >= 4 is 21.8 Å². The van der Waals surface area contributed by atoms with Gasteiger partial charge in [0.15, 0.2) is 0 Å². The van der Waals surface area contributed by atoms with Gasteiger partial charge in [-0.15, -0.1) is 0 Å². The Hall–Kier alpha value is -1.76. The molecule has 0 amide bonds. The summed E-state index contributed by atoms with van der Waals surface area (Å²) >= 11 is 0. The molecule has 0 aliphatic rings. The lowest BCUT2D eigenvalue weighted by molar-refractivity contribution is 0.469. The quantitative estimate of drug-likeness (QED) is 0.424. The molecule has 3 aromatic rings. The second kappa shape index (κ2) is 8.56. The van der Waals surface area contributed by atoms with Crippen molar-refractivity contribution in [3.63, 3.8) is 0 Å². The lowest BCUT2D eigenvalue weighted by atomic mass is 10.0. The van der Waals surface area contributed by atoms with Gasteiger partial charge in [0.25, 0.3) is 0 Å². The molecular weight excluding hydrogens is 302 g/mol. The van der Waals surface area contributed by atoms with E-state index in [1.54, 1.807) is 0 Å². The van der Waals surface area contributed by atoms with Crippen LogP contribution in [0.3, 0.4) is 0 Å². The third kappa shape index (κ3) is 7.77. The Bertz CT molecular complexity index is 702. The molecule has 1 heteroatoms. The predicted octanol–water partition coefficient (Wildman–Crippen LogP) is 7.92. The number of hydrogen-bond donors (Lipinski definition) is 0. The van der Waals surface area contributed by atoms with E-state index in [9.17, 15) is 0 Å². The zero-order chi connectivity index (χ0) is 19.3. The normalized spacial score (nSPS) is 11.6. The summed E-state index contributed by atoms with van der Waals surface area (Å²) in [7, 11) is 0. The molecule has 0 saturated carbocycles. The first-order valence-corrected chi connectivity index (χ1v) is 9.38. The van der Waals surface area contributed by atoms with Crippen LogP contribution >= 0.6 is 0 Å². The van der Waals surface area contributed by atoms with Gasteiger partial charge in [-0.1, -0.05) is 91.8 Å². The average Bonchev–Trinajstić information content (AvgIpc) is 2.78. The monoisotopic (exact) mass is 339 g/mol. The third-order valence-electron chi connectivity index (χ3n) is 3.00. The van der Waals surface area contributed by atoms with Crippen molar-refractivity contribution in [1.29, 1.82) is 0 Å². The van der Waals surface area contributed by atoms with Crippen LogP contribution in [0.5, 0.6) is 0 Å². The van der Waals surface area contributed by atoms with Crippen molar-refractivity contribution in [2.75, 3.05) is 0 Å². The van der Waals surface area contributed by atoms with E-state index in [2.05, 4.69) is 115 Å². The molecule has 138 valence electrons. The van der Waals surface area contributed by atoms with Crippen molar-refractivity contribution in [2.45, 2.75) is 68.9 Å². The van der Waals surface area contributed by atoms with Crippen molar-refractivity contribution in [3.05, 3.63) is 48.5 Å². The molecule has 1 aromatic heterocycles. The van der Waals surface area contributed by atoms with E-state index in [-0.39, 0.29) is 0 Å². The van der Waals surface area contributed by atoms with Crippen LogP contribution in [0.25, 0.3) is 21.8 Å². The lowest BCUT2D eigenvalue weighted by Gasteiger charge is -2.05. The summed E-state index contributed by atoms with van der Waals surface area (Å²) in [5, 5.41) is 2.71. The summed E-state index contributed by atoms with van der Waals surface area (Å²) in [4.78, 5) is 0. The first-order valence-electron chi connectivity index (χ1n) is 9.38. The van der Waals surface area contributed by atoms with Crippen molar-refractivity contribution < 1.29 is 0 Å². The van der Waals surface area contributed by atoms with Gasteiger partial charge in [0, 0.05) is 28.4 Å². The number of benzene rings is 2. The molecule has 0 aliphatic heterocycles. The molecule has 25 heavy (non-hydrogen) atoms. The maximum atomic E-state index is 2.37. The topological polar surface area (TPSA) is 4.93 Å². The molecular formula is C24H37N. The maximum Gasteiger partial charge on any atom is 0.0491 e. The highest BCUT2D eigenvalue weighted by molar-refractivity contribution is 6.07. The Morgan fingerprint density at radius 3 is 1.16 bits per heavy atom. The molecule has 1 nitrogen and oxygen atoms in total. The third-order valence-corrected chi connectivity index (χ3v) is 3.00. The van der Waals surface area contributed by atoms with Crippen LogP contribution in [0.1, 0.15) is 62.3 Å². The number of hydrogen-bond acceptors (Lipinski definition) is 0. The van der Waals surface area contributed by atoms with E-state index in [4.69, 9.17) is 0 Å². The number of rotatable bonds is 1. The molecule has 2 aromatic carbocycles. The Morgan fingerprint density at radius 2 is 0.880 bits per heavy atom. The molecule has 3 rings (SSSR count). The van der Waals surface area contributed by atoms with Gasteiger partial charge in [-0.05, 0) is 29.9 Å². The summed E-state index contributed by atoms with van der Waals surface area (Å²) in [6.45, 7) is 20.7. The van der Waals surface area contributed by atoms with Crippen molar-refractivity contribution in [1.82, 2.24) is 4.57 Å². The van der Waals surface area contributed by atoms with Gasteiger partial charge < -0.3 is 4.57 Å². The molecule has 0 spiro atoms. The molecule has 0 atom stereocenters. The molecule has 0 bridgehead atoms. The lowest BCUT2D eigenvalue weighted by Crippen LogP contribution is -1.93. The Balaban J connectivity index is 0.000000262. The Morgan fingerprint density at radius 1 is 0.600 bits per heavy atom. The van der Waals surface area contributed by atoms with Gasteiger partial charge in [-0.3, -0.25) is 0 Å². The van der Waals surface area contributed by atoms with E-state index < -0.39 is 0 Å². The number of aromatic nitrogens is 1. The summed E-state index contributed by atoms with van der Waals surface area (Å²) in [6, 6.07) is 17.2. The minimum atomic E-state index is 0.500. The number of aryl methyl sites for hydroxylation is 1. The van der Waals surface area contributed by atoms with Crippen molar-refractivity contribution in [3.8, 4) is 0 Å². The van der Waals surface area contributed by atoms with E-state index in [1.807, 2.05) is 0 Å². The van der Waals surface area contributed by atoms with Gasteiger partial charge in [0.05, 0.1) is 0 Å². The maximum absolute atomic E-state index is 2.37. The number of nitrogens with zero attached hydrogens (tertiary/aromatic N) is 1. The minimum absolute atomic E-state index is 0.500. The van der Waals surface area contributed by atoms with Crippen LogP contribution in [0.2, 0.25) is 0 Å². The largest absolute Gasteiger partial charge is 0.341 e. The van der Waals surface area contributed by atoms with Crippen LogP contribution in [0.15, 0.2) is 48.5 Å². The van der Waals surface area contributed by atoms with Gasteiger partial charge in [0.1, 0.15) is 0 Å². The fourth-order valence-electron chi connectivity index (χ4n) is 2.34. The molecule has 1 heterocycles. The summed E-state index contributed by atoms with van der Waals surface area (Å²) < 4.78 is 2.37. The van der Waals surface area contributed by atoms with Crippen LogP contribution in [-0.2, 0) is 6.54 Å². The van der Waals surface area contributed by atoms with Crippen LogP contribution in [-0.4, -0.2) is 4.57 Å². The first kappa shape index (κ1) is 21.3. The molecule has 0 radical (unpaired) electrons. The smallest absolute Gasteiger partial charge is 0.0491 e. The minimum Gasteiger partial charge on any atom is -0.341 e. The number of fused-ring (bicyclic) bond motifs is 3. The molecule has 0 N–H and O–H groups in total. The van der Waals surface area contributed by atoms with Crippen LogP contribution in [0, 0.1) is 10.8 Å². The fraction of sp³-hybridized carbons (Fsp3) is 0.500.